The molecule has 0 heterocycles. The fourth-order valence-electron chi connectivity index (χ4n) is 2.04. The highest BCUT2D eigenvalue weighted by atomic mass is 16.5. The van der Waals surface area contributed by atoms with Gasteiger partial charge in [0.05, 0.1) is 13.7 Å². The quantitative estimate of drug-likeness (QED) is 0.798. The summed E-state index contributed by atoms with van der Waals surface area (Å²) >= 11 is 0. The zero-order valence-corrected chi connectivity index (χ0v) is 13.2. The van der Waals surface area contributed by atoms with Gasteiger partial charge in [-0.3, -0.25) is 9.59 Å². The molecule has 0 bridgehead atoms. The molecule has 2 rings (SSSR count). The van der Waals surface area contributed by atoms with Gasteiger partial charge in [-0.15, -0.1) is 0 Å². The number of carbonyl (C=O) groups excluding carboxylic acids is 2. The van der Waals surface area contributed by atoms with Crippen molar-refractivity contribution in [3.63, 3.8) is 0 Å². The van der Waals surface area contributed by atoms with Gasteiger partial charge in [-0.25, -0.2) is 0 Å². The summed E-state index contributed by atoms with van der Waals surface area (Å²) in [6.45, 7) is 1.75. The molecule has 1 N–H and O–H groups in total. The van der Waals surface area contributed by atoms with Crippen molar-refractivity contribution in [3.8, 4) is 5.75 Å². The summed E-state index contributed by atoms with van der Waals surface area (Å²) in [6.07, 6.45) is 0. The molecule has 0 atom stereocenters. The van der Waals surface area contributed by atoms with Crippen molar-refractivity contribution in [1.29, 1.82) is 0 Å². The van der Waals surface area contributed by atoms with Gasteiger partial charge in [0.2, 0.25) is 5.91 Å². The van der Waals surface area contributed by atoms with Crippen LogP contribution >= 0.6 is 0 Å². The van der Waals surface area contributed by atoms with E-state index in [1.54, 1.807) is 31.4 Å². The van der Waals surface area contributed by atoms with Crippen molar-refractivity contribution < 1.29 is 19.1 Å². The van der Waals surface area contributed by atoms with Crippen LogP contribution in [0.1, 0.15) is 22.8 Å². The monoisotopic (exact) mass is 313 g/mol. The van der Waals surface area contributed by atoms with E-state index in [1.807, 2.05) is 24.3 Å². The first-order valence-electron chi connectivity index (χ1n) is 7.20. The van der Waals surface area contributed by atoms with Crippen molar-refractivity contribution in [3.05, 3.63) is 59.7 Å². The van der Waals surface area contributed by atoms with E-state index < -0.39 is 0 Å². The summed E-state index contributed by atoms with van der Waals surface area (Å²) < 4.78 is 10.5. The van der Waals surface area contributed by atoms with Crippen LogP contribution < -0.4 is 10.1 Å². The first-order valence-corrected chi connectivity index (χ1v) is 7.20. The summed E-state index contributed by atoms with van der Waals surface area (Å²) in [5.41, 5.74) is 2.06. The number of anilines is 1. The van der Waals surface area contributed by atoms with Gasteiger partial charge in [0.25, 0.3) is 0 Å². The highest BCUT2D eigenvalue weighted by Gasteiger charge is 2.07. The Labute approximate surface area is 135 Å². The molecule has 120 valence electrons. The smallest absolute Gasteiger partial charge is 0.221 e. The van der Waals surface area contributed by atoms with E-state index in [0.717, 1.165) is 11.3 Å². The number of hydrogen-bond donors (Lipinski definition) is 1. The van der Waals surface area contributed by atoms with E-state index in [4.69, 9.17) is 9.47 Å². The Hall–Kier alpha value is -2.66. The van der Waals surface area contributed by atoms with Gasteiger partial charge < -0.3 is 14.8 Å². The molecule has 0 saturated heterocycles. The van der Waals surface area contributed by atoms with Crippen LogP contribution in [-0.2, 0) is 16.1 Å². The minimum atomic E-state index is -0.176. The number of benzene rings is 2. The molecule has 0 radical (unpaired) electrons. The summed E-state index contributed by atoms with van der Waals surface area (Å²) in [5.74, 6) is 0.468. The number of ether oxygens (including phenoxy) is 2. The Bertz CT molecular complexity index is 680. The predicted molar refractivity (Wildman–Crippen MR) is 87.7 cm³/mol. The second-order valence-electron chi connectivity index (χ2n) is 5.03. The molecular formula is C18H19NO4. The van der Waals surface area contributed by atoms with Crippen LogP contribution in [0.4, 0.5) is 5.69 Å². The van der Waals surface area contributed by atoms with Crippen molar-refractivity contribution >= 4 is 17.4 Å². The molecule has 0 aromatic heterocycles. The molecule has 0 saturated carbocycles. The van der Waals surface area contributed by atoms with Crippen LogP contribution in [0.3, 0.4) is 0 Å². The van der Waals surface area contributed by atoms with Crippen molar-refractivity contribution in [2.45, 2.75) is 13.5 Å². The second-order valence-corrected chi connectivity index (χ2v) is 5.03. The minimum absolute atomic E-state index is 0.0183. The van der Waals surface area contributed by atoms with Crippen LogP contribution in [0.5, 0.6) is 5.75 Å². The zero-order chi connectivity index (χ0) is 16.7. The highest BCUT2D eigenvalue weighted by Crippen LogP contribution is 2.13. The van der Waals surface area contributed by atoms with Gasteiger partial charge in [0.15, 0.2) is 5.78 Å². The lowest BCUT2D eigenvalue weighted by Gasteiger charge is -2.07. The van der Waals surface area contributed by atoms with E-state index >= 15 is 0 Å². The summed E-state index contributed by atoms with van der Waals surface area (Å²) in [5, 5.41) is 2.65. The molecule has 5 nitrogen and oxygen atoms in total. The fourth-order valence-corrected chi connectivity index (χ4v) is 2.04. The molecule has 0 spiro atoms. The minimum Gasteiger partial charge on any atom is -0.497 e. The van der Waals surface area contributed by atoms with Gasteiger partial charge in [0.1, 0.15) is 12.4 Å². The Morgan fingerprint density at radius 3 is 2.48 bits per heavy atom. The zero-order valence-electron chi connectivity index (χ0n) is 13.2. The largest absolute Gasteiger partial charge is 0.497 e. The Morgan fingerprint density at radius 2 is 1.83 bits per heavy atom. The number of carbonyl (C=O) groups is 2. The van der Waals surface area contributed by atoms with E-state index in [-0.39, 0.29) is 18.3 Å². The van der Waals surface area contributed by atoms with Crippen LogP contribution in [-0.4, -0.2) is 25.4 Å². The number of methoxy groups -OCH3 is 1. The fraction of sp³-hybridized carbons (Fsp3) is 0.222. The molecule has 2 aromatic rings. The van der Waals surface area contributed by atoms with Crippen LogP contribution in [0.2, 0.25) is 0 Å². The first kappa shape index (κ1) is 16.7. The number of amides is 1. The number of hydrogen-bond acceptors (Lipinski definition) is 4. The molecular weight excluding hydrogens is 294 g/mol. The number of rotatable bonds is 7. The number of ketones is 1. The number of nitrogens with one attached hydrogen (secondary N) is 1. The lowest BCUT2D eigenvalue weighted by molar-refractivity contribution is -0.114. The maximum absolute atomic E-state index is 12.1. The SMILES string of the molecule is COc1ccc(COCC(=O)c2cccc(NC(C)=O)c2)cc1. The standard InChI is InChI=1S/C18H19NO4/c1-13(20)19-16-5-3-4-15(10-16)18(21)12-23-11-14-6-8-17(22-2)9-7-14/h3-10H,11-12H2,1-2H3,(H,19,20). The van der Waals surface area contributed by atoms with Crippen molar-refractivity contribution in [2.24, 2.45) is 0 Å². The van der Waals surface area contributed by atoms with Crippen LogP contribution in [0.25, 0.3) is 0 Å². The van der Waals surface area contributed by atoms with Crippen LogP contribution in [0, 0.1) is 0 Å². The van der Waals surface area contributed by atoms with E-state index in [2.05, 4.69) is 5.32 Å². The second kappa shape index (κ2) is 8.10. The molecule has 0 fully saturated rings. The first-order chi connectivity index (χ1) is 11.1. The molecule has 0 unspecified atom stereocenters. The van der Waals surface area contributed by atoms with Gasteiger partial charge in [0, 0.05) is 18.2 Å². The normalized spacial score (nSPS) is 10.2. The van der Waals surface area contributed by atoms with Crippen molar-refractivity contribution in [1.82, 2.24) is 0 Å². The maximum atomic E-state index is 12.1. The van der Waals surface area contributed by atoms with E-state index in [1.165, 1.54) is 6.92 Å². The number of Topliss-reactive ketones (excluding diaryl/α,β-unsaturated/α-hetero) is 1. The van der Waals surface area contributed by atoms with Crippen LogP contribution in [0.15, 0.2) is 48.5 Å². The summed E-state index contributed by atoms with van der Waals surface area (Å²) in [4.78, 5) is 23.2. The lowest BCUT2D eigenvalue weighted by Crippen LogP contribution is -2.11. The average molecular weight is 313 g/mol. The van der Waals surface area contributed by atoms with Gasteiger partial charge >= 0.3 is 0 Å². The molecule has 5 heteroatoms. The molecule has 0 aliphatic heterocycles. The third kappa shape index (κ3) is 5.23. The van der Waals surface area contributed by atoms with Gasteiger partial charge in [-0.2, -0.15) is 0 Å². The van der Waals surface area contributed by atoms with Crippen molar-refractivity contribution in [2.75, 3.05) is 19.0 Å². The maximum Gasteiger partial charge on any atom is 0.221 e. The Balaban J connectivity index is 1.87. The molecule has 2 aromatic carbocycles. The van der Waals surface area contributed by atoms with E-state index in [9.17, 15) is 9.59 Å². The molecule has 1 amide bonds. The topological polar surface area (TPSA) is 64.6 Å². The Morgan fingerprint density at radius 1 is 1.09 bits per heavy atom. The summed E-state index contributed by atoms with van der Waals surface area (Å²) in [7, 11) is 1.61. The third-order valence-electron chi connectivity index (χ3n) is 3.17. The van der Waals surface area contributed by atoms with Gasteiger partial charge in [-0.05, 0) is 29.8 Å². The molecule has 23 heavy (non-hydrogen) atoms. The lowest BCUT2D eigenvalue weighted by atomic mass is 10.1. The third-order valence-corrected chi connectivity index (χ3v) is 3.17. The molecule has 0 aliphatic carbocycles. The summed E-state index contributed by atoms with van der Waals surface area (Å²) in [6, 6.07) is 14.3. The van der Waals surface area contributed by atoms with E-state index in [0.29, 0.717) is 17.9 Å². The average Bonchev–Trinajstić information content (AvgIpc) is 2.55. The molecule has 0 aliphatic rings. The van der Waals surface area contributed by atoms with Gasteiger partial charge in [-0.1, -0.05) is 24.3 Å². The highest BCUT2D eigenvalue weighted by molar-refractivity contribution is 5.99. The predicted octanol–water partition coefficient (Wildman–Crippen LogP) is 3.05. The Kier molecular flexibility index (Phi) is 5.88.